The van der Waals surface area contributed by atoms with Crippen LogP contribution in [-0.2, 0) is 14.3 Å². The lowest BCUT2D eigenvalue weighted by Gasteiger charge is -2.34. The molecule has 0 fully saturated rings. The van der Waals surface area contributed by atoms with Crippen LogP contribution < -0.4 is 10.6 Å². The third-order valence-electron chi connectivity index (χ3n) is 5.56. The standard InChI is InChI=1S/C27H45N3O5S/c1-6-8-10-12-18-30(25(33)22(19-36)29-26(34)35-27(3,4)5)23(20-13-15-21(31)16-14-20)24(32)28-17-11-9-7-2/h13-16,22-23,31,36H,6-12,17-19H2,1-5H3,(H,28,32)(H,29,34). The van der Waals surface area contributed by atoms with Gasteiger partial charge in [0.1, 0.15) is 23.4 Å². The number of phenolic OH excluding ortho intramolecular Hbond substituents is 1. The van der Waals surface area contributed by atoms with Crippen molar-refractivity contribution >= 4 is 30.5 Å². The summed E-state index contributed by atoms with van der Waals surface area (Å²) in [6.07, 6.45) is 5.81. The molecule has 0 radical (unpaired) electrons. The molecule has 0 heterocycles. The Kier molecular flexibility index (Phi) is 14.4. The number of ether oxygens (including phenoxy) is 1. The fourth-order valence-corrected chi connectivity index (χ4v) is 3.97. The lowest BCUT2D eigenvalue weighted by atomic mass is 10.0. The van der Waals surface area contributed by atoms with Gasteiger partial charge >= 0.3 is 6.09 Å². The van der Waals surface area contributed by atoms with Gasteiger partial charge in [-0.2, -0.15) is 12.6 Å². The van der Waals surface area contributed by atoms with Crippen LogP contribution in [0.4, 0.5) is 4.79 Å². The van der Waals surface area contributed by atoms with Crippen LogP contribution in [0.15, 0.2) is 24.3 Å². The van der Waals surface area contributed by atoms with Gasteiger partial charge in [-0.3, -0.25) is 9.59 Å². The van der Waals surface area contributed by atoms with Gasteiger partial charge in [0, 0.05) is 18.8 Å². The lowest BCUT2D eigenvalue weighted by Crippen LogP contribution is -2.54. The molecule has 0 aliphatic heterocycles. The fourth-order valence-electron chi connectivity index (χ4n) is 3.72. The minimum absolute atomic E-state index is 0.0456. The van der Waals surface area contributed by atoms with E-state index in [-0.39, 0.29) is 17.4 Å². The second kappa shape index (κ2) is 16.3. The van der Waals surface area contributed by atoms with E-state index in [1.54, 1.807) is 32.9 Å². The number of unbranched alkanes of at least 4 members (excludes halogenated alkanes) is 5. The monoisotopic (exact) mass is 523 g/mol. The van der Waals surface area contributed by atoms with Crippen LogP contribution in [0.1, 0.15) is 91.2 Å². The van der Waals surface area contributed by atoms with Gasteiger partial charge in [-0.1, -0.05) is 58.1 Å². The maximum Gasteiger partial charge on any atom is 0.408 e. The number of thiol groups is 1. The van der Waals surface area contributed by atoms with Crippen LogP contribution in [0.5, 0.6) is 5.75 Å². The molecule has 1 rings (SSSR count). The highest BCUT2D eigenvalue weighted by Gasteiger charge is 2.35. The van der Waals surface area contributed by atoms with Gasteiger partial charge in [-0.05, 0) is 51.3 Å². The zero-order chi connectivity index (χ0) is 27.1. The number of hydrogen-bond acceptors (Lipinski definition) is 6. The minimum atomic E-state index is -0.970. The first-order chi connectivity index (χ1) is 17.0. The average molecular weight is 524 g/mol. The molecule has 0 aliphatic rings. The number of rotatable bonds is 15. The van der Waals surface area contributed by atoms with Gasteiger partial charge in [0.2, 0.25) is 11.8 Å². The molecule has 8 nitrogen and oxygen atoms in total. The zero-order valence-electron chi connectivity index (χ0n) is 22.5. The summed E-state index contributed by atoms with van der Waals surface area (Å²) in [5, 5.41) is 15.4. The summed E-state index contributed by atoms with van der Waals surface area (Å²) in [4.78, 5) is 41.2. The Morgan fingerprint density at radius 3 is 2.17 bits per heavy atom. The quantitative estimate of drug-likeness (QED) is 0.192. The van der Waals surface area contributed by atoms with E-state index < -0.39 is 29.7 Å². The van der Waals surface area contributed by atoms with Crippen LogP contribution in [0.2, 0.25) is 0 Å². The number of nitrogens with zero attached hydrogens (tertiary/aromatic N) is 1. The molecule has 0 spiro atoms. The van der Waals surface area contributed by atoms with E-state index in [2.05, 4.69) is 37.1 Å². The molecule has 1 aromatic rings. The first-order valence-corrected chi connectivity index (χ1v) is 13.6. The molecule has 9 heteroatoms. The molecule has 0 aliphatic carbocycles. The van der Waals surface area contributed by atoms with Crippen molar-refractivity contribution in [1.82, 2.24) is 15.5 Å². The number of alkyl carbamates (subject to hydrolysis) is 1. The Balaban J connectivity index is 3.29. The number of amides is 3. The van der Waals surface area contributed by atoms with Gasteiger partial charge in [0.25, 0.3) is 0 Å². The van der Waals surface area contributed by atoms with Crippen LogP contribution in [0.25, 0.3) is 0 Å². The Labute approximate surface area is 222 Å². The predicted octanol–water partition coefficient (Wildman–Crippen LogP) is 4.97. The van der Waals surface area contributed by atoms with Crippen molar-refractivity contribution in [3.05, 3.63) is 29.8 Å². The second-order valence-electron chi connectivity index (χ2n) is 9.97. The van der Waals surface area contributed by atoms with E-state index in [0.717, 1.165) is 38.5 Å². The molecule has 3 N–H and O–H groups in total. The number of aromatic hydroxyl groups is 1. The van der Waals surface area contributed by atoms with Crippen molar-refractivity contribution in [2.45, 2.75) is 97.2 Å². The summed E-state index contributed by atoms with van der Waals surface area (Å²) in [5.41, 5.74) is -0.138. The number of nitrogens with one attached hydrogen (secondary N) is 2. The molecule has 0 bridgehead atoms. The molecule has 0 saturated heterocycles. The average Bonchev–Trinajstić information content (AvgIpc) is 2.81. The van der Waals surface area contributed by atoms with Crippen LogP contribution >= 0.6 is 12.6 Å². The van der Waals surface area contributed by atoms with Gasteiger partial charge in [-0.15, -0.1) is 0 Å². The van der Waals surface area contributed by atoms with E-state index >= 15 is 0 Å². The first kappa shape index (κ1) is 31.6. The molecular weight excluding hydrogens is 478 g/mol. The van der Waals surface area contributed by atoms with Crippen molar-refractivity contribution in [3.63, 3.8) is 0 Å². The third kappa shape index (κ3) is 11.5. The highest BCUT2D eigenvalue weighted by Crippen LogP contribution is 2.25. The molecule has 1 aromatic carbocycles. The number of phenols is 1. The molecule has 204 valence electrons. The van der Waals surface area contributed by atoms with Crippen molar-refractivity contribution in [2.75, 3.05) is 18.8 Å². The van der Waals surface area contributed by atoms with E-state index in [9.17, 15) is 19.5 Å². The van der Waals surface area contributed by atoms with E-state index in [1.165, 1.54) is 17.0 Å². The Morgan fingerprint density at radius 1 is 1.00 bits per heavy atom. The molecule has 3 amide bonds. The summed E-state index contributed by atoms with van der Waals surface area (Å²) in [6.45, 7) is 10.3. The number of carbonyl (C=O) groups excluding carboxylic acids is 3. The first-order valence-electron chi connectivity index (χ1n) is 13.0. The van der Waals surface area contributed by atoms with Crippen LogP contribution in [-0.4, -0.2) is 58.4 Å². The van der Waals surface area contributed by atoms with Crippen molar-refractivity contribution in [1.29, 1.82) is 0 Å². The van der Waals surface area contributed by atoms with Gasteiger partial charge in [0.05, 0.1) is 0 Å². The van der Waals surface area contributed by atoms with E-state index in [1.807, 2.05) is 0 Å². The van der Waals surface area contributed by atoms with Gasteiger partial charge in [0.15, 0.2) is 0 Å². The molecule has 36 heavy (non-hydrogen) atoms. The van der Waals surface area contributed by atoms with Gasteiger partial charge in [-0.25, -0.2) is 4.79 Å². The largest absolute Gasteiger partial charge is 0.508 e. The SMILES string of the molecule is CCCCCCN(C(=O)C(CS)NC(=O)OC(C)(C)C)C(C(=O)NCCCCC)c1ccc(O)cc1. The van der Waals surface area contributed by atoms with Crippen molar-refractivity contribution in [2.24, 2.45) is 0 Å². The summed E-state index contributed by atoms with van der Waals surface area (Å²) in [7, 11) is 0. The maximum absolute atomic E-state index is 13.8. The second-order valence-corrected chi connectivity index (χ2v) is 10.3. The third-order valence-corrected chi connectivity index (χ3v) is 5.92. The number of hydrogen-bond donors (Lipinski definition) is 4. The molecule has 2 atom stereocenters. The lowest BCUT2D eigenvalue weighted by molar-refractivity contribution is -0.142. The smallest absolute Gasteiger partial charge is 0.408 e. The molecular formula is C27H45N3O5S. The van der Waals surface area contributed by atoms with Crippen LogP contribution in [0.3, 0.4) is 0 Å². The van der Waals surface area contributed by atoms with Crippen molar-refractivity contribution < 1.29 is 24.2 Å². The normalized spacial score (nSPS) is 12.9. The Hall–Kier alpha value is -2.42. The number of benzene rings is 1. The highest BCUT2D eigenvalue weighted by molar-refractivity contribution is 7.80. The summed E-state index contributed by atoms with van der Waals surface area (Å²) in [6, 6.07) is 4.42. The summed E-state index contributed by atoms with van der Waals surface area (Å²) >= 11 is 4.31. The van der Waals surface area contributed by atoms with E-state index in [4.69, 9.17) is 4.74 Å². The summed E-state index contributed by atoms with van der Waals surface area (Å²) in [5.74, 6) is -0.587. The van der Waals surface area contributed by atoms with E-state index in [0.29, 0.717) is 25.1 Å². The van der Waals surface area contributed by atoms with Crippen LogP contribution in [0, 0.1) is 0 Å². The molecule has 2 unspecified atom stereocenters. The van der Waals surface area contributed by atoms with Crippen molar-refractivity contribution in [3.8, 4) is 5.75 Å². The predicted molar refractivity (Wildman–Crippen MR) is 146 cm³/mol. The summed E-state index contributed by atoms with van der Waals surface area (Å²) < 4.78 is 5.33. The molecule has 0 aromatic heterocycles. The number of carbonyl (C=O) groups is 3. The fraction of sp³-hybridized carbons (Fsp3) is 0.667. The minimum Gasteiger partial charge on any atom is -0.508 e. The topological polar surface area (TPSA) is 108 Å². The zero-order valence-corrected chi connectivity index (χ0v) is 23.4. The maximum atomic E-state index is 13.8. The highest BCUT2D eigenvalue weighted by atomic mass is 32.1. The molecule has 0 saturated carbocycles. The Bertz CT molecular complexity index is 811. The Morgan fingerprint density at radius 2 is 1.61 bits per heavy atom. The van der Waals surface area contributed by atoms with Gasteiger partial charge < -0.3 is 25.4 Å².